The molecule has 9 heteroatoms. The number of aromatic nitrogens is 3. The van der Waals surface area contributed by atoms with Gasteiger partial charge in [-0.1, -0.05) is 26.0 Å². The fourth-order valence-corrected chi connectivity index (χ4v) is 2.89. The lowest BCUT2D eigenvalue weighted by atomic mass is 10.1. The number of amides is 2. The number of carbonyl (C=O) groups is 3. The molecule has 3 aromatic rings. The molecular formula is C21H23N5O4. The summed E-state index contributed by atoms with van der Waals surface area (Å²) < 4.78 is 5.50. The van der Waals surface area contributed by atoms with Gasteiger partial charge in [0, 0.05) is 17.2 Å². The molecular weight excluding hydrogens is 386 g/mol. The maximum atomic E-state index is 12.4. The highest BCUT2D eigenvalue weighted by Gasteiger charge is 2.16. The van der Waals surface area contributed by atoms with E-state index in [9.17, 15) is 14.4 Å². The first kappa shape index (κ1) is 21.0. The van der Waals surface area contributed by atoms with E-state index >= 15 is 0 Å². The summed E-state index contributed by atoms with van der Waals surface area (Å²) >= 11 is 0. The summed E-state index contributed by atoms with van der Waals surface area (Å²) in [6.07, 6.45) is 3.60. The molecule has 0 aliphatic heterocycles. The van der Waals surface area contributed by atoms with Crippen molar-refractivity contribution in [1.82, 2.24) is 25.8 Å². The molecule has 0 radical (unpaired) electrons. The Labute approximate surface area is 173 Å². The predicted octanol–water partition coefficient (Wildman–Crippen LogP) is 2.58. The second-order valence-electron chi connectivity index (χ2n) is 6.64. The van der Waals surface area contributed by atoms with Gasteiger partial charge in [0.2, 0.25) is 11.7 Å². The maximum Gasteiger partial charge on any atom is 0.289 e. The molecule has 3 N–H and O–H groups in total. The number of oxazole rings is 1. The summed E-state index contributed by atoms with van der Waals surface area (Å²) in [5.41, 5.74) is 2.39. The third-order valence-electron chi connectivity index (χ3n) is 4.62. The maximum absolute atomic E-state index is 12.4. The number of aldehydes is 1. The quantitative estimate of drug-likeness (QED) is 0.466. The van der Waals surface area contributed by atoms with E-state index in [0.29, 0.717) is 23.2 Å². The number of aromatic amines is 1. The minimum Gasteiger partial charge on any atom is -0.431 e. The van der Waals surface area contributed by atoms with E-state index in [1.165, 1.54) is 6.20 Å². The van der Waals surface area contributed by atoms with Crippen molar-refractivity contribution in [1.29, 1.82) is 0 Å². The van der Waals surface area contributed by atoms with E-state index in [1.54, 1.807) is 24.3 Å². The lowest BCUT2D eigenvalue weighted by Gasteiger charge is -2.13. The number of benzene rings is 1. The second-order valence-corrected chi connectivity index (χ2v) is 6.64. The summed E-state index contributed by atoms with van der Waals surface area (Å²) in [6, 6.07) is 9.05. The number of hydrogen-bond acceptors (Lipinski definition) is 6. The van der Waals surface area contributed by atoms with E-state index in [-0.39, 0.29) is 30.1 Å². The van der Waals surface area contributed by atoms with Crippen molar-refractivity contribution in [2.45, 2.75) is 32.7 Å². The summed E-state index contributed by atoms with van der Waals surface area (Å²) in [4.78, 5) is 38.7. The van der Waals surface area contributed by atoms with Crippen LogP contribution in [0, 0.1) is 0 Å². The lowest BCUT2D eigenvalue weighted by Crippen LogP contribution is -2.33. The molecule has 0 atom stereocenters. The average Bonchev–Trinajstić information content (AvgIpc) is 3.46. The average molecular weight is 409 g/mol. The number of hydrogen-bond donors (Lipinski definition) is 3. The van der Waals surface area contributed by atoms with Crippen LogP contribution < -0.4 is 10.6 Å². The molecule has 3 rings (SSSR count). The fourth-order valence-electron chi connectivity index (χ4n) is 2.89. The van der Waals surface area contributed by atoms with Crippen LogP contribution in [0.1, 0.15) is 47.7 Å². The van der Waals surface area contributed by atoms with Crippen molar-refractivity contribution in [2.75, 3.05) is 6.54 Å². The Balaban J connectivity index is 1.77. The van der Waals surface area contributed by atoms with E-state index in [2.05, 4.69) is 25.8 Å². The fraction of sp³-hybridized carbons (Fsp3) is 0.286. The van der Waals surface area contributed by atoms with Crippen LogP contribution >= 0.6 is 0 Å². The lowest BCUT2D eigenvalue weighted by molar-refractivity contribution is -0.107. The molecule has 0 spiro atoms. The zero-order chi connectivity index (χ0) is 21.5. The highest BCUT2D eigenvalue weighted by Crippen LogP contribution is 2.25. The normalized spacial score (nSPS) is 10.8. The molecule has 0 saturated carbocycles. The zero-order valence-corrected chi connectivity index (χ0v) is 16.8. The van der Waals surface area contributed by atoms with Crippen LogP contribution in [0.15, 0.2) is 40.9 Å². The summed E-state index contributed by atoms with van der Waals surface area (Å²) in [5, 5.41) is 12.4. The van der Waals surface area contributed by atoms with Crippen molar-refractivity contribution in [3.63, 3.8) is 0 Å². The number of carbonyl (C=O) groups excluding carboxylic acids is 3. The van der Waals surface area contributed by atoms with Gasteiger partial charge in [-0.15, -0.1) is 0 Å². The smallest absolute Gasteiger partial charge is 0.289 e. The topological polar surface area (TPSA) is 130 Å². The van der Waals surface area contributed by atoms with Gasteiger partial charge < -0.3 is 19.8 Å². The van der Waals surface area contributed by atoms with E-state index in [0.717, 1.165) is 18.4 Å². The van der Waals surface area contributed by atoms with Crippen molar-refractivity contribution in [3.05, 3.63) is 48.0 Å². The molecule has 156 valence electrons. The number of nitrogens with zero attached hydrogens (tertiary/aromatic N) is 2. The van der Waals surface area contributed by atoms with Gasteiger partial charge in [-0.2, -0.15) is 5.10 Å². The Hall–Kier alpha value is -3.75. The van der Waals surface area contributed by atoms with Gasteiger partial charge in [0.25, 0.3) is 11.8 Å². The molecule has 0 aliphatic rings. The van der Waals surface area contributed by atoms with E-state index in [1.807, 2.05) is 19.9 Å². The van der Waals surface area contributed by atoms with E-state index in [4.69, 9.17) is 4.42 Å². The molecule has 0 fully saturated rings. The number of rotatable bonds is 9. The van der Waals surface area contributed by atoms with Gasteiger partial charge in [0.1, 0.15) is 12.0 Å². The van der Waals surface area contributed by atoms with Crippen molar-refractivity contribution < 1.29 is 18.8 Å². The first-order valence-electron chi connectivity index (χ1n) is 9.70. The van der Waals surface area contributed by atoms with Gasteiger partial charge in [-0.3, -0.25) is 14.7 Å². The molecule has 9 nitrogen and oxygen atoms in total. The molecule has 30 heavy (non-hydrogen) atoms. The summed E-state index contributed by atoms with van der Waals surface area (Å²) in [6.45, 7) is 3.95. The second kappa shape index (κ2) is 9.64. The monoisotopic (exact) mass is 409 g/mol. The van der Waals surface area contributed by atoms with Crippen molar-refractivity contribution in [2.24, 2.45) is 0 Å². The van der Waals surface area contributed by atoms with Crippen molar-refractivity contribution in [3.8, 4) is 22.7 Å². The van der Waals surface area contributed by atoms with Gasteiger partial charge in [-0.25, -0.2) is 4.98 Å². The number of H-pyrrole nitrogens is 1. The molecule has 2 amide bonds. The van der Waals surface area contributed by atoms with Crippen LogP contribution in [0.2, 0.25) is 0 Å². The molecule has 2 heterocycles. The molecule has 0 saturated heterocycles. The zero-order valence-electron chi connectivity index (χ0n) is 16.8. The van der Waals surface area contributed by atoms with Gasteiger partial charge in [0.15, 0.2) is 0 Å². The first-order chi connectivity index (χ1) is 14.5. The molecule has 0 bridgehead atoms. The third kappa shape index (κ3) is 4.80. The Kier molecular flexibility index (Phi) is 6.74. The van der Waals surface area contributed by atoms with E-state index < -0.39 is 5.91 Å². The molecule has 0 unspecified atom stereocenters. The van der Waals surface area contributed by atoms with Crippen LogP contribution in [0.3, 0.4) is 0 Å². The van der Waals surface area contributed by atoms with Crippen LogP contribution in [-0.4, -0.2) is 45.9 Å². The summed E-state index contributed by atoms with van der Waals surface area (Å²) in [7, 11) is 0. The van der Waals surface area contributed by atoms with Gasteiger partial charge in [0.05, 0.1) is 18.4 Å². The Morgan fingerprint density at radius 3 is 2.67 bits per heavy atom. The largest absolute Gasteiger partial charge is 0.431 e. The first-order valence-corrected chi connectivity index (χ1v) is 9.70. The van der Waals surface area contributed by atoms with Gasteiger partial charge in [-0.05, 0) is 31.0 Å². The third-order valence-corrected chi connectivity index (χ3v) is 4.62. The van der Waals surface area contributed by atoms with Gasteiger partial charge >= 0.3 is 0 Å². The van der Waals surface area contributed by atoms with Crippen molar-refractivity contribution >= 4 is 18.1 Å². The Bertz CT molecular complexity index is 1040. The molecule has 2 aromatic heterocycles. The minimum absolute atomic E-state index is 0.0115. The van der Waals surface area contributed by atoms with Crippen LogP contribution in [0.25, 0.3) is 22.7 Å². The SMILES string of the molecule is CCC(CC)NC(=O)c1cc(-c2cccc(-c3ncc(C(=O)NCC=O)o3)c2)n[nH]1. The highest BCUT2D eigenvalue weighted by atomic mass is 16.4. The molecule has 0 aliphatic carbocycles. The minimum atomic E-state index is -0.516. The van der Waals surface area contributed by atoms with Crippen LogP contribution in [0.5, 0.6) is 0 Å². The predicted molar refractivity (Wildman–Crippen MR) is 110 cm³/mol. The molecule has 1 aromatic carbocycles. The number of nitrogens with one attached hydrogen (secondary N) is 3. The Morgan fingerprint density at radius 2 is 1.93 bits per heavy atom. The standard InChI is InChI=1S/C21H23N5O4/c1-3-15(4-2)24-19(28)17-11-16(25-26-17)13-6-5-7-14(10-13)21-23-12-18(30-21)20(29)22-8-9-27/h5-7,9-12,15H,3-4,8H2,1-2H3,(H,22,29)(H,24,28)(H,25,26). The highest BCUT2D eigenvalue weighted by molar-refractivity contribution is 5.94. The van der Waals surface area contributed by atoms with Crippen LogP contribution in [0.4, 0.5) is 0 Å². The van der Waals surface area contributed by atoms with Crippen LogP contribution in [-0.2, 0) is 4.79 Å². The summed E-state index contributed by atoms with van der Waals surface area (Å²) in [5.74, 6) is -0.442. The Morgan fingerprint density at radius 1 is 1.17 bits per heavy atom.